The summed E-state index contributed by atoms with van der Waals surface area (Å²) in [5, 5.41) is 0.523. The second-order valence-electron chi connectivity index (χ2n) is 4.88. The summed E-state index contributed by atoms with van der Waals surface area (Å²) in [6, 6.07) is 6.13. The summed E-state index contributed by atoms with van der Waals surface area (Å²) in [5.41, 5.74) is 0. The van der Waals surface area contributed by atoms with Crippen LogP contribution < -0.4 is 4.72 Å². The molecule has 0 bridgehead atoms. The van der Waals surface area contributed by atoms with Gasteiger partial charge in [0.1, 0.15) is 0 Å². The summed E-state index contributed by atoms with van der Waals surface area (Å²) < 4.78 is 27.3. The van der Waals surface area contributed by atoms with Crippen LogP contribution in [0.4, 0.5) is 0 Å². The smallest absolute Gasteiger partial charge is 0.208 e. The maximum atomic E-state index is 12.3. The van der Waals surface area contributed by atoms with Crippen LogP contribution >= 0.6 is 23.2 Å². The Kier molecular flexibility index (Phi) is 5.12. The summed E-state index contributed by atoms with van der Waals surface area (Å²) in [5.74, 6) is 0.714. The van der Waals surface area contributed by atoms with Gasteiger partial charge in [-0.15, -0.1) is 11.6 Å². The lowest BCUT2D eigenvalue weighted by Gasteiger charge is -2.30. The monoisotopic (exact) mass is 321 g/mol. The number of rotatable bonds is 4. The van der Waals surface area contributed by atoms with Gasteiger partial charge in [-0.2, -0.15) is 0 Å². The molecule has 0 spiro atoms. The van der Waals surface area contributed by atoms with Gasteiger partial charge in [-0.1, -0.05) is 24.4 Å². The molecule has 1 aromatic carbocycles. The van der Waals surface area contributed by atoms with Crippen molar-refractivity contribution in [2.75, 3.05) is 5.88 Å². The van der Waals surface area contributed by atoms with Gasteiger partial charge in [-0.25, -0.2) is 13.1 Å². The third-order valence-electron chi connectivity index (χ3n) is 3.54. The third kappa shape index (κ3) is 3.85. The highest BCUT2D eigenvalue weighted by atomic mass is 35.5. The molecule has 0 aromatic heterocycles. The van der Waals surface area contributed by atoms with Gasteiger partial charge in [-0.3, -0.25) is 0 Å². The Balaban J connectivity index is 2.14. The Bertz CT molecular complexity index is 516. The molecule has 1 aliphatic rings. The second-order valence-corrected chi connectivity index (χ2v) is 7.34. The van der Waals surface area contributed by atoms with Crippen molar-refractivity contribution < 1.29 is 8.42 Å². The van der Waals surface area contributed by atoms with Crippen LogP contribution in [0.1, 0.15) is 25.7 Å². The molecule has 1 fully saturated rings. The van der Waals surface area contributed by atoms with Gasteiger partial charge in [-0.05, 0) is 43.0 Å². The second kappa shape index (κ2) is 6.44. The average molecular weight is 322 g/mol. The first kappa shape index (κ1) is 15.1. The first-order valence-electron chi connectivity index (χ1n) is 6.37. The lowest BCUT2D eigenvalue weighted by atomic mass is 9.86. The zero-order valence-corrected chi connectivity index (χ0v) is 12.8. The highest BCUT2D eigenvalue weighted by Crippen LogP contribution is 2.27. The minimum Gasteiger partial charge on any atom is -0.208 e. The molecule has 1 saturated carbocycles. The Hall–Kier alpha value is -0.290. The van der Waals surface area contributed by atoms with Crippen LogP contribution in [0.5, 0.6) is 0 Å². The van der Waals surface area contributed by atoms with E-state index in [4.69, 9.17) is 23.2 Å². The van der Waals surface area contributed by atoms with E-state index in [-0.39, 0.29) is 16.9 Å². The van der Waals surface area contributed by atoms with Gasteiger partial charge in [0.15, 0.2) is 0 Å². The predicted octanol–water partition coefficient (Wildman–Crippen LogP) is 3.42. The lowest BCUT2D eigenvalue weighted by Crippen LogP contribution is -2.42. The molecule has 2 unspecified atom stereocenters. The number of sulfonamides is 1. The van der Waals surface area contributed by atoms with Crippen LogP contribution in [-0.4, -0.2) is 20.3 Å². The number of hydrogen-bond donors (Lipinski definition) is 1. The van der Waals surface area contributed by atoms with Crippen LogP contribution in [0.25, 0.3) is 0 Å². The molecule has 1 aromatic rings. The van der Waals surface area contributed by atoms with E-state index in [0.717, 1.165) is 25.7 Å². The normalized spacial score (nSPS) is 24.3. The molecule has 2 rings (SSSR count). The number of halogens is 2. The SMILES string of the molecule is O=S(=O)(NC1CCCCC1CCl)c1ccc(Cl)cc1. The van der Waals surface area contributed by atoms with E-state index in [0.29, 0.717) is 10.9 Å². The molecular weight excluding hydrogens is 305 g/mol. The average Bonchev–Trinajstić information content (AvgIpc) is 2.39. The molecule has 3 nitrogen and oxygen atoms in total. The number of benzene rings is 1. The highest BCUT2D eigenvalue weighted by molar-refractivity contribution is 7.89. The molecule has 2 atom stereocenters. The van der Waals surface area contributed by atoms with Gasteiger partial charge in [0.05, 0.1) is 4.90 Å². The fraction of sp³-hybridized carbons (Fsp3) is 0.538. The summed E-state index contributed by atoms with van der Waals surface area (Å²) >= 11 is 11.7. The van der Waals surface area contributed by atoms with Gasteiger partial charge in [0.25, 0.3) is 0 Å². The maximum absolute atomic E-state index is 12.3. The van der Waals surface area contributed by atoms with Gasteiger partial charge in [0.2, 0.25) is 10.0 Å². The fourth-order valence-corrected chi connectivity index (χ4v) is 4.26. The topological polar surface area (TPSA) is 46.2 Å². The minimum absolute atomic E-state index is 0.0630. The first-order valence-corrected chi connectivity index (χ1v) is 8.76. The van der Waals surface area contributed by atoms with E-state index >= 15 is 0 Å². The zero-order chi connectivity index (χ0) is 13.9. The molecule has 106 valence electrons. The molecule has 0 aliphatic heterocycles. The molecule has 1 N–H and O–H groups in total. The fourth-order valence-electron chi connectivity index (χ4n) is 2.43. The molecule has 6 heteroatoms. The Morgan fingerprint density at radius 3 is 2.42 bits per heavy atom. The Labute approximate surface area is 124 Å². The third-order valence-corrected chi connectivity index (χ3v) is 5.69. The number of hydrogen-bond acceptors (Lipinski definition) is 2. The van der Waals surface area contributed by atoms with Crippen LogP contribution in [0.15, 0.2) is 29.2 Å². The summed E-state index contributed by atoms with van der Waals surface area (Å²) in [6.45, 7) is 0. The van der Waals surface area contributed by atoms with Crippen LogP contribution in [0.2, 0.25) is 5.02 Å². The summed E-state index contributed by atoms with van der Waals surface area (Å²) in [4.78, 5) is 0.246. The van der Waals surface area contributed by atoms with E-state index in [2.05, 4.69) is 4.72 Å². The van der Waals surface area contributed by atoms with Crippen molar-refractivity contribution in [3.63, 3.8) is 0 Å². The largest absolute Gasteiger partial charge is 0.240 e. The van der Waals surface area contributed by atoms with E-state index in [9.17, 15) is 8.42 Å². The van der Waals surface area contributed by atoms with E-state index in [1.54, 1.807) is 12.1 Å². The minimum atomic E-state index is -3.49. The molecule has 0 radical (unpaired) electrons. The maximum Gasteiger partial charge on any atom is 0.240 e. The summed E-state index contributed by atoms with van der Waals surface area (Å²) in [7, 11) is -3.49. The molecule has 1 aliphatic carbocycles. The van der Waals surface area contributed by atoms with Crippen LogP contribution in [-0.2, 0) is 10.0 Å². The van der Waals surface area contributed by atoms with Gasteiger partial charge < -0.3 is 0 Å². The van der Waals surface area contributed by atoms with Crippen molar-refractivity contribution in [1.29, 1.82) is 0 Å². The van der Waals surface area contributed by atoms with E-state index in [1.807, 2.05) is 0 Å². The van der Waals surface area contributed by atoms with Crippen molar-refractivity contribution in [2.24, 2.45) is 5.92 Å². The van der Waals surface area contributed by atoms with Crippen molar-refractivity contribution >= 4 is 33.2 Å². The van der Waals surface area contributed by atoms with E-state index < -0.39 is 10.0 Å². The molecule has 0 heterocycles. The van der Waals surface area contributed by atoms with Crippen molar-refractivity contribution in [2.45, 2.75) is 36.6 Å². The standard InChI is InChI=1S/C13H17Cl2NO2S/c14-9-10-3-1-2-4-13(10)16-19(17,18)12-7-5-11(15)6-8-12/h5-8,10,13,16H,1-4,9H2. The van der Waals surface area contributed by atoms with Crippen molar-refractivity contribution in [3.05, 3.63) is 29.3 Å². The van der Waals surface area contributed by atoms with E-state index in [1.165, 1.54) is 12.1 Å². The van der Waals surface area contributed by atoms with Crippen LogP contribution in [0.3, 0.4) is 0 Å². The number of alkyl halides is 1. The Morgan fingerprint density at radius 2 is 1.79 bits per heavy atom. The molecule has 0 amide bonds. The summed E-state index contributed by atoms with van der Waals surface area (Å²) in [6.07, 6.45) is 4.00. The molecular formula is C13H17Cl2NO2S. The van der Waals surface area contributed by atoms with Gasteiger partial charge in [0, 0.05) is 16.9 Å². The highest BCUT2D eigenvalue weighted by Gasteiger charge is 2.28. The number of nitrogens with one attached hydrogen (secondary N) is 1. The predicted molar refractivity (Wildman–Crippen MR) is 78.2 cm³/mol. The zero-order valence-electron chi connectivity index (χ0n) is 10.5. The van der Waals surface area contributed by atoms with Crippen molar-refractivity contribution in [1.82, 2.24) is 4.72 Å². The van der Waals surface area contributed by atoms with Crippen LogP contribution in [0, 0.1) is 5.92 Å². The molecule has 19 heavy (non-hydrogen) atoms. The first-order chi connectivity index (χ1) is 9.03. The van der Waals surface area contributed by atoms with Gasteiger partial charge >= 0.3 is 0 Å². The lowest BCUT2D eigenvalue weighted by molar-refractivity contribution is 0.314. The van der Waals surface area contributed by atoms with Crippen molar-refractivity contribution in [3.8, 4) is 0 Å². The Morgan fingerprint density at radius 1 is 1.16 bits per heavy atom. The quantitative estimate of drug-likeness (QED) is 0.864. The molecule has 0 saturated heterocycles.